The molecular formula is C25H20ClN7O7S. The number of fused-ring (bicyclic) bond motifs is 1. The van der Waals surface area contributed by atoms with Crippen molar-refractivity contribution in [3.63, 3.8) is 0 Å². The number of halogens is 1. The number of aromatic nitrogens is 3. The molecule has 0 bridgehead atoms. The highest BCUT2D eigenvalue weighted by atomic mass is 35.5. The fourth-order valence-electron chi connectivity index (χ4n) is 4.32. The number of nitrogens with one attached hydrogen (secondary N) is 2. The van der Waals surface area contributed by atoms with Gasteiger partial charge in [0.2, 0.25) is 22.9 Å². The first-order chi connectivity index (χ1) is 19.6. The van der Waals surface area contributed by atoms with Crippen LogP contribution in [0, 0.1) is 10.1 Å². The molecule has 0 radical (unpaired) electrons. The molecule has 0 saturated carbocycles. The first-order valence-electron chi connectivity index (χ1n) is 12.0. The van der Waals surface area contributed by atoms with E-state index in [1.807, 2.05) is 0 Å². The van der Waals surface area contributed by atoms with E-state index in [0.29, 0.717) is 16.9 Å². The summed E-state index contributed by atoms with van der Waals surface area (Å²) in [6, 6.07) is 11.7. The Hall–Kier alpha value is -4.76. The number of ether oxygens (including phenoxy) is 1. The van der Waals surface area contributed by atoms with Crippen molar-refractivity contribution in [1.82, 2.24) is 25.2 Å². The average Bonchev–Trinajstić information content (AvgIpc) is 2.94. The maximum Gasteiger partial charge on any atom is 0.352 e. The molecule has 2 amide bonds. The predicted octanol–water partition coefficient (Wildman–Crippen LogP) is 3.14. The van der Waals surface area contributed by atoms with Crippen LogP contribution in [0.4, 0.5) is 11.6 Å². The highest BCUT2D eigenvalue weighted by Crippen LogP contribution is 2.40. The van der Waals surface area contributed by atoms with Crippen molar-refractivity contribution in [3.8, 4) is 11.8 Å². The number of hydrogen-bond acceptors (Lipinski definition) is 11. The lowest BCUT2D eigenvalue weighted by atomic mass is 10.0. The van der Waals surface area contributed by atoms with Crippen LogP contribution < -0.4 is 15.4 Å². The predicted molar refractivity (Wildman–Crippen MR) is 146 cm³/mol. The summed E-state index contributed by atoms with van der Waals surface area (Å²) in [4.78, 5) is 62.0. The lowest BCUT2D eigenvalue weighted by molar-refractivity contribution is -0.385. The Morgan fingerprint density at radius 2 is 1.88 bits per heavy atom. The first kappa shape index (κ1) is 27.8. The molecule has 1 unspecified atom stereocenters. The SMILES string of the molecule is CC1=C(C(=O)O)N2C(=O)[C@@H](NC(=O)C(Nc3nc(Cl)nc(Oc4ccccc4[N+](=O)[O-])n3)c3ccccc3)[C@H]2SC1. The molecule has 2 aliphatic rings. The van der Waals surface area contributed by atoms with Crippen molar-refractivity contribution in [3.05, 3.63) is 86.8 Å². The quantitative estimate of drug-likeness (QED) is 0.186. The number of carboxylic acids is 1. The molecule has 5 rings (SSSR count). The third-order valence-electron chi connectivity index (χ3n) is 6.18. The van der Waals surface area contributed by atoms with Gasteiger partial charge >= 0.3 is 17.7 Å². The molecule has 41 heavy (non-hydrogen) atoms. The summed E-state index contributed by atoms with van der Waals surface area (Å²) in [6.07, 6.45) is 0. The number of carbonyl (C=O) groups is 3. The van der Waals surface area contributed by atoms with Crippen LogP contribution in [0.5, 0.6) is 11.8 Å². The number of para-hydroxylation sites is 2. The molecule has 1 fully saturated rings. The minimum absolute atomic E-state index is 0.0759. The number of carbonyl (C=O) groups excluding carboxylic acids is 2. The van der Waals surface area contributed by atoms with Crippen LogP contribution in [-0.2, 0) is 14.4 Å². The number of hydrogen-bond donors (Lipinski definition) is 3. The van der Waals surface area contributed by atoms with E-state index in [-0.39, 0.29) is 34.4 Å². The van der Waals surface area contributed by atoms with Crippen molar-refractivity contribution in [2.24, 2.45) is 0 Å². The van der Waals surface area contributed by atoms with Gasteiger partial charge in [-0.3, -0.25) is 24.6 Å². The van der Waals surface area contributed by atoms with Crippen LogP contribution >= 0.6 is 23.4 Å². The molecule has 3 heterocycles. The lowest BCUT2D eigenvalue weighted by Crippen LogP contribution is -2.70. The topological polar surface area (TPSA) is 190 Å². The van der Waals surface area contributed by atoms with Crippen LogP contribution in [0.3, 0.4) is 0 Å². The standard InChI is InChI=1S/C25H20ClN7O7S/c1-12-11-41-21-17(20(35)32(21)18(12)22(36)37)27-19(34)16(13-7-3-2-4-8-13)28-24-29-23(26)30-25(31-24)40-15-10-6-5-9-14(15)33(38)39/h2-10,16-17,21H,11H2,1H3,(H,27,34)(H,36,37)(H,28,29,30,31)/t16?,17-,21-/m1/s1. The fraction of sp³-hybridized carbons (Fsp3) is 0.200. The normalized spacial score (nSPS) is 18.6. The van der Waals surface area contributed by atoms with Gasteiger partial charge in [0.25, 0.3) is 5.91 Å². The summed E-state index contributed by atoms with van der Waals surface area (Å²) in [5, 5.41) is 25.6. The number of nitrogens with zero attached hydrogens (tertiary/aromatic N) is 5. The van der Waals surface area contributed by atoms with Crippen molar-refractivity contribution in [2.45, 2.75) is 24.4 Å². The largest absolute Gasteiger partial charge is 0.477 e. The summed E-state index contributed by atoms with van der Waals surface area (Å²) in [6.45, 7) is 1.65. The smallest absolute Gasteiger partial charge is 0.352 e. The molecular weight excluding hydrogens is 578 g/mol. The van der Waals surface area contributed by atoms with Crippen LogP contribution in [-0.4, -0.2) is 64.8 Å². The van der Waals surface area contributed by atoms with Gasteiger partial charge < -0.3 is 20.5 Å². The van der Waals surface area contributed by atoms with Gasteiger partial charge in [-0.2, -0.15) is 15.0 Å². The van der Waals surface area contributed by atoms with E-state index in [1.165, 1.54) is 40.9 Å². The van der Waals surface area contributed by atoms with Crippen molar-refractivity contribution < 1.29 is 29.2 Å². The van der Waals surface area contributed by atoms with E-state index in [4.69, 9.17) is 16.3 Å². The number of amides is 2. The second-order valence-electron chi connectivity index (χ2n) is 8.86. The Labute approximate surface area is 240 Å². The van der Waals surface area contributed by atoms with E-state index in [2.05, 4.69) is 25.6 Å². The van der Waals surface area contributed by atoms with Crippen molar-refractivity contribution >= 4 is 52.8 Å². The minimum atomic E-state index is -1.21. The highest BCUT2D eigenvalue weighted by molar-refractivity contribution is 8.00. The van der Waals surface area contributed by atoms with Gasteiger partial charge in [0, 0.05) is 11.8 Å². The van der Waals surface area contributed by atoms with Gasteiger partial charge in [0.15, 0.2) is 0 Å². The van der Waals surface area contributed by atoms with Crippen LogP contribution in [0.1, 0.15) is 18.5 Å². The van der Waals surface area contributed by atoms with Gasteiger partial charge in [0.1, 0.15) is 23.2 Å². The third-order valence-corrected chi connectivity index (χ3v) is 7.77. The van der Waals surface area contributed by atoms with E-state index >= 15 is 0 Å². The monoisotopic (exact) mass is 597 g/mol. The number of β-lactam (4-membered cyclic amide) rings is 1. The summed E-state index contributed by atoms with van der Waals surface area (Å²) in [5.74, 6) is -2.28. The number of nitro benzene ring substituents is 1. The second-order valence-corrected chi connectivity index (χ2v) is 10.3. The van der Waals surface area contributed by atoms with Gasteiger partial charge in [-0.25, -0.2) is 4.79 Å². The molecule has 210 valence electrons. The summed E-state index contributed by atoms with van der Waals surface area (Å²) in [7, 11) is 0. The number of carboxylic acid groups (broad SMARTS) is 1. The highest BCUT2D eigenvalue weighted by Gasteiger charge is 2.54. The van der Waals surface area contributed by atoms with Crippen LogP contribution in [0.25, 0.3) is 0 Å². The Bertz CT molecular complexity index is 1590. The van der Waals surface area contributed by atoms with E-state index in [9.17, 15) is 29.6 Å². The number of rotatable bonds is 9. The molecule has 14 nitrogen and oxygen atoms in total. The molecule has 1 aromatic heterocycles. The summed E-state index contributed by atoms with van der Waals surface area (Å²) >= 11 is 7.42. The number of benzene rings is 2. The number of aliphatic carboxylic acids is 1. The zero-order valence-corrected chi connectivity index (χ0v) is 22.6. The fourth-order valence-corrected chi connectivity index (χ4v) is 5.77. The zero-order valence-electron chi connectivity index (χ0n) is 21.1. The van der Waals surface area contributed by atoms with Crippen LogP contribution in [0.15, 0.2) is 65.9 Å². The van der Waals surface area contributed by atoms with E-state index in [0.717, 1.165) is 0 Å². The Kier molecular flexibility index (Phi) is 7.72. The molecule has 2 aliphatic heterocycles. The van der Waals surface area contributed by atoms with Crippen molar-refractivity contribution in [2.75, 3.05) is 11.1 Å². The Balaban J connectivity index is 1.39. The second kappa shape index (κ2) is 11.4. The molecule has 1 saturated heterocycles. The Morgan fingerprint density at radius 1 is 1.17 bits per heavy atom. The third kappa shape index (κ3) is 5.62. The molecule has 3 atom stereocenters. The van der Waals surface area contributed by atoms with Gasteiger partial charge in [-0.15, -0.1) is 11.8 Å². The number of nitro groups is 1. The summed E-state index contributed by atoms with van der Waals surface area (Å²) < 4.78 is 5.51. The number of anilines is 1. The Morgan fingerprint density at radius 3 is 2.59 bits per heavy atom. The molecule has 0 aliphatic carbocycles. The molecule has 3 N–H and O–H groups in total. The first-order valence-corrected chi connectivity index (χ1v) is 13.4. The molecule has 16 heteroatoms. The summed E-state index contributed by atoms with van der Waals surface area (Å²) in [5.41, 5.74) is 0.653. The molecule has 3 aromatic rings. The van der Waals surface area contributed by atoms with E-state index < -0.39 is 40.2 Å². The van der Waals surface area contributed by atoms with Crippen LogP contribution in [0.2, 0.25) is 5.28 Å². The van der Waals surface area contributed by atoms with Gasteiger partial charge in [0.05, 0.1) is 4.92 Å². The maximum atomic E-state index is 13.5. The van der Waals surface area contributed by atoms with Gasteiger partial charge in [-0.1, -0.05) is 42.5 Å². The molecule has 0 spiro atoms. The maximum absolute atomic E-state index is 13.5. The minimum Gasteiger partial charge on any atom is -0.477 e. The van der Waals surface area contributed by atoms with E-state index in [1.54, 1.807) is 37.3 Å². The van der Waals surface area contributed by atoms with Crippen molar-refractivity contribution in [1.29, 1.82) is 0 Å². The average molecular weight is 598 g/mol. The molecule has 2 aromatic carbocycles. The van der Waals surface area contributed by atoms with Gasteiger partial charge in [-0.05, 0) is 35.7 Å². The zero-order chi connectivity index (χ0) is 29.3. The lowest BCUT2D eigenvalue weighted by Gasteiger charge is -2.49. The number of thioether (sulfide) groups is 1.